The van der Waals surface area contributed by atoms with Crippen molar-refractivity contribution in [2.45, 2.75) is 25.0 Å². The van der Waals surface area contributed by atoms with Crippen molar-refractivity contribution in [3.05, 3.63) is 107 Å². The molecule has 0 bridgehead atoms. The van der Waals surface area contributed by atoms with Gasteiger partial charge in [-0.1, -0.05) is 71.9 Å². The Balaban J connectivity index is 1.47. The summed E-state index contributed by atoms with van der Waals surface area (Å²) in [5, 5.41) is 10.9. The van der Waals surface area contributed by atoms with Gasteiger partial charge >= 0.3 is 0 Å². The number of allylic oxidation sites excluding steroid dienone is 1. The van der Waals surface area contributed by atoms with E-state index in [2.05, 4.69) is 20.7 Å². The van der Waals surface area contributed by atoms with Gasteiger partial charge in [-0.05, 0) is 32.0 Å². The summed E-state index contributed by atoms with van der Waals surface area (Å²) in [6.07, 6.45) is 0. The number of ketones is 1. The van der Waals surface area contributed by atoms with Crippen LogP contribution in [0, 0.1) is 12.7 Å². The van der Waals surface area contributed by atoms with Crippen molar-refractivity contribution in [2.24, 2.45) is 0 Å². The molecular weight excluding hydrogens is 517 g/mol. The highest BCUT2D eigenvalue weighted by Gasteiger charge is 2.36. The Kier molecular flexibility index (Phi) is 7.47. The third-order valence-electron chi connectivity index (χ3n) is 6.34. The first-order valence-corrected chi connectivity index (χ1v) is 13.2. The van der Waals surface area contributed by atoms with Crippen molar-refractivity contribution < 1.29 is 18.7 Å². The van der Waals surface area contributed by atoms with Crippen LogP contribution in [0.3, 0.4) is 0 Å². The van der Waals surface area contributed by atoms with Gasteiger partial charge in [0.2, 0.25) is 11.1 Å². The maximum Gasteiger partial charge on any atom is 0.255 e. The molecule has 2 heterocycles. The molecule has 0 unspecified atom stereocenters. The van der Waals surface area contributed by atoms with Crippen LogP contribution in [0.4, 0.5) is 16.0 Å². The third-order valence-corrected chi connectivity index (χ3v) is 7.18. The highest BCUT2D eigenvalue weighted by atomic mass is 32.2. The van der Waals surface area contributed by atoms with Crippen LogP contribution >= 0.6 is 11.8 Å². The van der Waals surface area contributed by atoms with E-state index in [0.717, 1.165) is 5.56 Å². The maximum atomic E-state index is 15.1. The highest BCUT2D eigenvalue weighted by Crippen LogP contribution is 2.38. The van der Waals surface area contributed by atoms with E-state index < -0.39 is 17.8 Å². The molecule has 8 nitrogen and oxygen atoms in total. The molecule has 0 radical (unpaired) electrons. The molecule has 10 heteroatoms. The number of nitrogens with one attached hydrogen (secondary N) is 2. The maximum absolute atomic E-state index is 15.1. The van der Waals surface area contributed by atoms with Gasteiger partial charge in [0.05, 0.1) is 24.1 Å². The number of carbonyl (C=O) groups excluding carboxylic acids is 2. The zero-order valence-electron chi connectivity index (χ0n) is 21.6. The number of rotatable bonds is 8. The van der Waals surface area contributed by atoms with E-state index in [1.165, 1.54) is 29.6 Å². The summed E-state index contributed by atoms with van der Waals surface area (Å²) in [6, 6.07) is 19.8. The van der Waals surface area contributed by atoms with Crippen LogP contribution in [0.5, 0.6) is 5.75 Å². The average molecular weight is 544 g/mol. The Morgan fingerprint density at radius 3 is 2.51 bits per heavy atom. The predicted molar refractivity (Wildman–Crippen MR) is 149 cm³/mol. The molecule has 1 aliphatic heterocycles. The first kappa shape index (κ1) is 26.2. The van der Waals surface area contributed by atoms with Crippen molar-refractivity contribution in [3.8, 4) is 5.75 Å². The fraction of sp³-hybridized carbons (Fsp3) is 0.172. The Labute approximate surface area is 229 Å². The molecule has 1 amide bonds. The molecule has 3 aromatic carbocycles. The third kappa shape index (κ3) is 5.42. The zero-order valence-corrected chi connectivity index (χ0v) is 22.4. The lowest BCUT2D eigenvalue weighted by Gasteiger charge is -2.29. The van der Waals surface area contributed by atoms with E-state index in [1.54, 1.807) is 61.5 Å². The molecule has 4 aromatic rings. The summed E-state index contributed by atoms with van der Waals surface area (Å²) in [5.74, 6) is -0.0106. The number of ether oxygens (including phenoxy) is 1. The largest absolute Gasteiger partial charge is 0.495 e. The number of nitrogens with zero attached hydrogens (tertiary/aromatic N) is 3. The van der Waals surface area contributed by atoms with Crippen molar-refractivity contribution >= 4 is 35.1 Å². The zero-order chi connectivity index (χ0) is 27.5. The SMILES string of the molecule is COc1ccccc1NC(=O)C1=C(C)Nc2nc(SCC(=O)c3ccc(C)cc3)nn2[C@@H]1c1ccccc1F. The number of hydrogen-bond donors (Lipinski definition) is 2. The number of halogens is 1. The van der Waals surface area contributed by atoms with Crippen molar-refractivity contribution in [3.63, 3.8) is 0 Å². The van der Waals surface area contributed by atoms with Gasteiger partial charge in [0.1, 0.15) is 17.6 Å². The van der Waals surface area contributed by atoms with Crippen LogP contribution in [0.15, 0.2) is 89.2 Å². The molecule has 39 heavy (non-hydrogen) atoms. The molecule has 1 atom stereocenters. The van der Waals surface area contributed by atoms with E-state index in [9.17, 15) is 9.59 Å². The second-order valence-corrected chi connectivity index (χ2v) is 9.93. The molecule has 1 aliphatic rings. The lowest BCUT2D eigenvalue weighted by Crippen LogP contribution is -2.32. The molecule has 5 rings (SSSR count). The van der Waals surface area contributed by atoms with Crippen LogP contribution in [0.2, 0.25) is 0 Å². The van der Waals surface area contributed by atoms with E-state index in [0.29, 0.717) is 33.8 Å². The minimum atomic E-state index is -0.896. The highest BCUT2D eigenvalue weighted by molar-refractivity contribution is 7.99. The molecule has 0 saturated carbocycles. The van der Waals surface area contributed by atoms with Gasteiger partial charge in [0.15, 0.2) is 5.78 Å². The van der Waals surface area contributed by atoms with Gasteiger partial charge in [0.25, 0.3) is 5.91 Å². The number of anilines is 2. The van der Waals surface area contributed by atoms with E-state index in [-0.39, 0.29) is 22.7 Å². The molecule has 0 aliphatic carbocycles. The summed E-state index contributed by atoms with van der Waals surface area (Å²) < 4.78 is 22.0. The Bertz CT molecular complexity index is 1580. The van der Waals surface area contributed by atoms with Gasteiger partial charge in [-0.3, -0.25) is 9.59 Å². The van der Waals surface area contributed by atoms with Gasteiger partial charge < -0.3 is 15.4 Å². The monoisotopic (exact) mass is 543 g/mol. The fourth-order valence-corrected chi connectivity index (χ4v) is 5.09. The summed E-state index contributed by atoms with van der Waals surface area (Å²) >= 11 is 1.18. The lowest BCUT2D eigenvalue weighted by atomic mass is 9.94. The second-order valence-electron chi connectivity index (χ2n) is 8.98. The van der Waals surface area contributed by atoms with Crippen LogP contribution in [0.1, 0.15) is 34.5 Å². The van der Waals surface area contributed by atoms with Crippen LogP contribution in [-0.4, -0.2) is 39.3 Å². The number of carbonyl (C=O) groups is 2. The van der Waals surface area contributed by atoms with E-state index in [4.69, 9.17) is 4.74 Å². The summed E-state index contributed by atoms with van der Waals surface area (Å²) in [6.45, 7) is 3.69. The summed E-state index contributed by atoms with van der Waals surface area (Å²) in [7, 11) is 1.52. The van der Waals surface area contributed by atoms with Gasteiger partial charge in [0, 0.05) is 16.8 Å². The Morgan fingerprint density at radius 1 is 1.05 bits per heavy atom. The minimum absolute atomic E-state index is 0.0578. The number of para-hydroxylation sites is 2. The van der Waals surface area contributed by atoms with Crippen LogP contribution < -0.4 is 15.4 Å². The first-order chi connectivity index (χ1) is 18.9. The lowest BCUT2D eigenvalue weighted by molar-refractivity contribution is -0.113. The number of thioether (sulfide) groups is 1. The van der Waals surface area contributed by atoms with Crippen molar-refractivity contribution in [2.75, 3.05) is 23.5 Å². The van der Waals surface area contributed by atoms with Gasteiger partial charge in [-0.25, -0.2) is 9.07 Å². The van der Waals surface area contributed by atoms with Crippen LogP contribution in [0.25, 0.3) is 0 Å². The standard InChI is InChI=1S/C29H26FN5O3S/c1-17-12-14-19(15-13-17)23(36)16-39-29-33-28-31-18(2)25(27(37)32-22-10-6-7-11-24(22)38-3)26(35(28)34-29)20-8-4-5-9-21(20)30/h4-15,26H,16H2,1-3H3,(H,32,37)(H,31,33,34)/t26-/m1/s1. The van der Waals surface area contributed by atoms with E-state index in [1.807, 2.05) is 19.1 Å². The quantitative estimate of drug-likeness (QED) is 0.219. The molecule has 0 spiro atoms. The Morgan fingerprint density at radius 2 is 1.77 bits per heavy atom. The molecule has 198 valence electrons. The number of hydrogen-bond acceptors (Lipinski definition) is 7. The molecule has 0 fully saturated rings. The van der Waals surface area contributed by atoms with Crippen molar-refractivity contribution in [1.29, 1.82) is 0 Å². The molecule has 2 N–H and O–H groups in total. The molecule has 1 aromatic heterocycles. The van der Waals surface area contributed by atoms with Gasteiger partial charge in [-0.15, -0.1) is 5.10 Å². The van der Waals surface area contributed by atoms with E-state index >= 15 is 4.39 Å². The number of aromatic nitrogens is 3. The van der Waals surface area contributed by atoms with Crippen LogP contribution in [-0.2, 0) is 4.79 Å². The predicted octanol–water partition coefficient (Wildman–Crippen LogP) is 5.64. The molecule has 0 saturated heterocycles. The topological polar surface area (TPSA) is 98.1 Å². The fourth-order valence-electron chi connectivity index (χ4n) is 4.36. The number of benzene rings is 3. The number of methoxy groups -OCH3 is 1. The van der Waals surface area contributed by atoms with Crippen molar-refractivity contribution in [1.82, 2.24) is 14.8 Å². The average Bonchev–Trinajstić information content (AvgIpc) is 3.34. The number of amides is 1. The normalized spacial score (nSPS) is 14.4. The smallest absolute Gasteiger partial charge is 0.255 e. The summed E-state index contributed by atoms with van der Waals surface area (Å²) in [4.78, 5) is 30.9. The van der Waals surface area contributed by atoms with Gasteiger partial charge in [-0.2, -0.15) is 4.98 Å². The number of aryl methyl sites for hydroxylation is 1. The first-order valence-electron chi connectivity index (χ1n) is 12.2. The number of fused-ring (bicyclic) bond motifs is 1. The molecular formula is C29H26FN5O3S. The number of Topliss-reactive ketones (excluding diaryl/α,β-unsaturated/α-hetero) is 1. The summed E-state index contributed by atoms with van der Waals surface area (Å²) in [5.41, 5.74) is 3.20. The Hall–Kier alpha value is -4.44. The second kappa shape index (κ2) is 11.1. The minimum Gasteiger partial charge on any atom is -0.495 e.